The topological polar surface area (TPSA) is 39.2 Å². The van der Waals surface area contributed by atoms with Gasteiger partial charge in [-0.05, 0) is 22.8 Å². The third-order valence-electron chi connectivity index (χ3n) is 4.68. The van der Waals surface area contributed by atoms with Crippen molar-refractivity contribution in [3.63, 3.8) is 0 Å². The van der Waals surface area contributed by atoms with Crippen LogP contribution in [0, 0.1) is 5.21 Å². The van der Waals surface area contributed by atoms with Crippen molar-refractivity contribution >= 4 is 5.82 Å². The summed E-state index contributed by atoms with van der Waals surface area (Å²) in [6, 6.07) is 12.8. The molecule has 2 aliphatic heterocycles. The molecule has 1 saturated heterocycles. The summed E-state index contributed by atoms with van der Waals surface area (Å²) < 4.78 is -0.169. The van der Waals surface area contributed by atoms with E-state index in [1.807, 2.05) is 12.3 Å². The predicted octanol–water partition coefficient (Wildman–Crippen LogP) is 2.49. The first-order valence-electron chi connectivity index (χ1n) is 7.48. The molecule has 4 rings (SSSR count). The Hall–Kier alpha value is -1.91. The summed E-state index contributed by atoms with van der Waals surface area (Å²) in [5.74, 6) is 1.05. The fourth-order valence-electron chi connectivity index (χ4n) is 3.60. The number of pyridine rings is 1. The van der Waals surface area contributed by atoms with Crippen molar-refractivity contribution in [2.45, 2.75) is 12.5 Å². The van der Waals surface area contributed by atoms with Gasteiger partial charge in [-0.3, -0.25) is 0 Å². The molecular formula is C17H19N3O. The molecule has 2 atom stereocenters. The molecular weight excluding hydrogens is 262 g/mol. The first kappa shape index (κ1) is 12.8. The second kappa shape index (κ2) is 4.55. The summed E-state index contributed by atoms with van der Waals surface area (Å²) >= 11 is 0. The van der Waals surface area contributed by atoms with Crippen LogP contribution in [-0.4, -0.2) is 36.3 Å². The standard InChI is InChI=1S/C17H19N3O/c1-20(21)10-9-19-16(12-20)15-7-3-2-5-13(15)11-14-6-4-8-18-17(14)19/h2-8,16H,9-12H2,1H3/t16-,20-/m0/s1. The quantitative estimate of drug-likeness (QED) is 0.550. The molecule has 0 N–H and O–H groups in total. The van der Waals surface area contributed by atoms with Crippen LogP contribution in [0.3, 0.4) is 0 Å². The second-order valence-corrected chi connectivity index (χ2v) is 6.27. The molecule has 1 aromatic heterocycles. The normalized spacial score (nSPS) is 27.3. The number of piperazine rings is 1. The van der Waals surface area contributed by atoms with Gasteiger partial charge in [-0.15, -0.1) is 0 Å². The number of hydrogen-bond donors (Lipinski definition) is 0. The van der Waals surface area contributed by atoms with E-state index in [1.165, 1.54) is 16.7 Å². The zero-order valence-electron chi connectivity index (χ0n) is 12.2. The molecule has 1 fully saturated rings. The molecule has 0 saturated carbocycles. The van der Waals surface area contributed by atoms with E-state index in [0.717, 1.165) is 18.8 Å². The first-order valence-corrected chi connectivity index (χ1v) is 7.48. The molecule has 4 nitrogen and oxygen atoms in total. The zero-order chi connectivity index (χ0) is 14.4. The lowest BCUT2D eigenvalue weighted by molar-refractivity contribution is -0.864. The van der Waals surface area contributed by atoms with Crippen LogP contribution in [0.1, 0.15) is 22.7 Å². The van der Waals surface area contributed by atoms with E-state index >= 15 is 0 Å². The van der Waals surface area contributed by atoms with Gasteiger partial charge >= 0.3 is 0 Å². The van der Waals surface area contributed by atoms with Gasteiger partial charge in [-0.1, -0.05) is 30.3 Å². The summed E-state index contributed by atoms with van der Waals surface area (Å²) in [4.78, 5) is 6.94. The minimum absolute atomic E-state index is 0.133. The van der Waals surface area contributed by atoms with E-state index in [2.05, 4.69) is 40.2 Å². The maximum absolute atomic E-state index is 12.5. The monoisotopic (exact) mass is 281 g/mol. The van der Waals surface area contributed by atoms with Crippen molar-refractivity contribution in [3.8, 4) is 0 Å². The highest BCUT2D eigenvalue weighted by atomic mass is 16.5. The number of nitrogens with zero attached hydrogens (tertiary/aromatic N) is 3. The number of hydroxylamine groups is 3. The molecule has 3 heterocycles. The van der Waals surface area contributed by atoms with Crippen LogP contribution in [0.15, 0.2) is 42.6 Å². The largest absolute Gasteiger partial charge is 0.633 e. The fraction of sp³-hybridized carbons (Fsp3) is 0.353. The van der Waals surface area contributed by atoms with Crippen LogP contribution in [0.25, 0.3) is 0 Å². The van der Waals surface area contributed by atoms with Gasteiger partial charge in [0, 0.05) is 12.6 Å². The highest BCUT2D eigenvalue weighted by Gasteiger charge is 2.37. The molecule has 1 aromatic carbocycles. The number of hydrogen-bond acceptors (Lipinski definition) is 3. The van der Waals surface area contributed by atoms with Crippen molar-refractivity contribution in [1.29, 1.82) is 0 Å². The van der Waals surface area contributed by atoms with Gasteiger partial charge < -0.3 is 14.8 Å². The van der Waals surface area contributed by atoms with E-state index < -0.39 is 0 Å². The summed E-state index contributed by atoms with van der Waals surface area (Å²) in [7, 11) is 1.78. The number of anilines is 1. The Morgan fingerprint density at radius 2 is 2.00 bits per heavy atom. The lowest BCUT2D eigenvalue weighted by Gasteiger charge is -2.49. The predicted molar refractivity (Wildman–Crippen MR) is 82.9 cm³/mol. The van der Waals surface area contributed by atoms with Crippen molar-refractivity contribution in [1.82, 2.24) is 4.98 Å². The summed E-state index contributed by atoms with van der Waals surface area (Å²) in [6.45, 7) is 1.98. The highest BCUT2D eigenvalue weighted by Crippen LogP contribution is 2.38. The van der Waals surface area contributed by atoms with Gasteiger partial charge in [0.2, 0.25) is 0 Å². The van der Waals surface area contributed by atoms with E-state index in [9.17, 15) is 5.21 Å². The van der Waals surface area contributed by atoms with E-state index in [0.29, 0.717) is 13.1 Å². The second-order valence-electron chi connectivity index (χ2n) is 6.27. The van der Waals surface area contributed by atoms with Gasteiger partial charge in [-0.25, -0.2) is 4.98 Å². The Labute approximate surface area is 124 Å². The van der Waals surface area contributed by atoms with Crippen molar-refractivity contribution in [2.24, 2.45) is 0 Å². The fourth-order valence-corrected chi connectivity index (χ4v) is 3.60. The highest BCUT2D eigenvalue weighted by molar-refractivity contribution is 5.55. The van der Waals surface area contributed by atoms with Crippen LogP contribution in [0.5, 0.6) is 0 Å². The summed E-state index contributed by atoms with van der Waals surface area (Å²) in [6.07, 6.45) is 2.75. The van der Waals surface area contributed by atoms with Gasteiger partial charge in [0.1, 0.15) is 18.4 Å². The van der Waals surface area contributed by atoms with Gasteiger partial charge in [0.15, 0.2) is 0 Å². The molecule has 0 amide bonds. The maximum Gasteiger partial charge on any atom is 0.132 e. The third-order valence-corrected chi connectivity index (χ3v) is 4.68. The molecule has 4 heteroatoms. The molecule has 21 heavy (non-hydrogen) atoms. The molecule has 0 spiro atoms. The van der Waals surface area contributed by atoms with Crippen molar-refractivity contribution < 1.29 is 4.65 Å². The molecule has 108 valence electrons. The number of likely N-dealkylation sites (N-methyl/N-ethyl adjacent to an activating group) is 1. The number of rotatable bonds is 0. The molecule has 2 aliphatic rings. The average Bonchev–Trinajstić information content (AvgIpc) is 2.60. The molecule has 0 bridgehead atoms. The number of quaternary nitrogens is 1. The lowest BCUT2D eigenvalue weighted by Crippen LogP contribution is -2.55. The number of aromatic nitrogens is 1. The number of fused-ring (bicyclic) bond motifs is 5. The van der Waals surface area contributed by atoms with Crippen molar-refractivity contribution in [3.05, 3.63) is 64.5 Å². The summed E-state index contributed by atoms with van der Waals surface area (Å²) in [5, 5.41) is 12.5. The summed E-state index contributed by atoms with van der Waals surface area (Å²) in [5.41, 5.74) is 3.87. The average molecular weight is 281 g/mol. The maximum atomic E-state index is 12.5. The minimum atomic E-state index is -0.169. The van der Waals surface area contributed by atoms with Crippen LogP contribution in [-0.2, 0) is 6.42 Å². The van der Waals surface area contributed by atoms with Gasteiger partial charge in [0.25, 0.3) is 0 Å². The SMILES string of the molecule is C[N@+]1([O-])CCN2c3ncccc3Cc3ccccc3[C@@H]2C1. The third kappa shape index (κ3) is 2.11. The van der Waals surface area contributed by atoms with E-state index in [-0.39, 0.29) is 10.7 Å². The van der Waals surface area contributed by atoms with Crippen LogP contribution in [0.2, 0.25) is 0 Å². The number of benzene rings is 1. The van der Waals surface area contributed by atoms with Gasteiger partial charge in [0.05, 0.1) is 20.1 Å². The molecule has 0 aliphatic carbocycles. The van der Waals surface area contributed by atoms with Crippen LogP contribution < -0.4 is 4.90 Å². The molecule has 2 aromatic rings. The van der Waals surface area contributed by atoms with Crippen molar-refractivity contribution in [2.75, 3.05) is 31.6 Å². The van der Waals surface area contributed by atoms with Crippen LogP contribution in [0.4, 0.5) is 5.82 Å². The first-order chi connectivity index (χ1) is 10.1. The van der Waals surface area contributed by atoms with E-state index in [4.69, 9.17) is 0 Å². The van der Waals surface area contributed by atoms with E-state index in [1.54, 1.807) is 7.05 Å². The Morgan fingerprint density at radius 3 is 2.90 bits per heavy atom. The lowest BCUT2D eigenvalue weighted by atomic mass is 9.96. The minimum Gasteiger partial charge on any atom is -0.633 e. The Kier molecular flexibility index (Phi) is 2.77. The zero-order valence-corrected chi connectivity index (χ0v) is 12.2. The Morgan fingerprint density at radius 1 is 1.19 bits per heavy atom. The van der Waals surface area contributed by atoms with Gasteiger partial charge in [-0.2, -0.15) is 0 Å². The Balaban J connectivity index is 1.90. The molecule has 0 unspecified atom stereocenters. The molecule has 0 radical (unpaired) electrons. The Bertz CT molecular complexity index is 683. The van der Waals surface area contributed by atoms with Crippen LogP contribution >= 0.6 is 0 Å². The smallest absolute Gasteiger partial charge is 0.132 e.